The highest BCUT2D eigenvalue weighted by atomic mass is 32.2. The van der Waals surface area contributed by atoms with Gasteiger partial charge in [0, 0.05) is 11.8 Å². The van der Waals surface area contributed by atoms with Crippen molar-refractivity contribution in [2.24, 2.45) is 5.14 Å². The number of nitrogen functional groups attached to an aromatic ring is 1. The van der Waals surface area contributed by atoms with Crippen molar-refractivity contribution in [2.75, 3.05) is 5.73 Å². The molecule has 1 rings (SSSR count). The van der Waals surface area contributed by atoms with Gasteiger partial charge in [0.05, 0.1) is 4.90 Å². The summed E-state index contributed by atoms with van der Waals surface area (Å²) in [6.07, 6.45) is -4.80. The van der Waals surface area contributed by atoms with Crippen LogP contribution in [0.4, 0.5) is 18.9 Å². The van der Waals surface area contributed by atoms with E-state index in [0.29, 0.717) is 0 Å². The number of benzene rings is 1. The van der Waals surface area contributed by atoms with Crippen molar-refractivity contribution in [1.29, 1.82) is 0 Å². The van der Waals surface area contributed by atoms with Crippen LogP contribution in [0.2, 0.25) is 0 Å². The van der Waals surface area contributed by atoms with Crippen molar-refractivity contribution in [1.82, 2.24) is 0 Å². The zero-order valence-electron chi connectivity index (χ0n) is 7.25. The lowest BCUT2D eigenvalue weighted by Gasteiger charge is -2.10. The van der Waals surface area contributed by atoms with Crippen molar-refractivity contribution in [3.63, 3.8) is 0 Å². The molecule has 0 aliphatic rings. The second kappa shape index (κ2) is 4.07. The first-order valence-electron chi connectivity index (χ1n) is 3.61. The Kier molecular flexibility index (Phi) is 3.20. The molecule has 0 saturated heterocycles. The van der Waals surface area contributed by atoms with Crippen LogP contribution >= 0.6 is 0 Å². The topological polar surface area (TPSA) is 78.3 Å². The molecule has 1 unspecified atom stereocenters. The summed E-state index contributed by atoms with van der Waals surface area (Å²) in [5, 5.41) is 5.00. The normalized spacial score (nSPS) is 13.6. The molecule has 0 heterocycles. The SMILES string of the molecule is Nc1ccc(OC(F)(F)F)cc1S(N)=O. The Labute approximate surface area is 85.6 Å². The first-order valence-corrected chi connectivity index (χ1v) is 4.82. The Morgan fingerprint density at radius 2 is 1.93 bits per heavy atom. The van der Waals surface area contributed by atoms with Crippen LogP contribution in [0.25, 0.3) is 0 Å². The van der Waals surface area contributed by atoms with Crippen LogP contribution in [0.3, 0.4) is 0 Å². The fourth-order valence-corrected chi connectivity index (χ4v) is 1.42. The number of halogens is 3. The summed E-state index contributed by atoms with van der Waals surface area (Å²) < 4.78 is 49.9. The van der Waals surface area contributed by atoms with Crippen LogP contribution in [0.5, 0.6) is 5.75 Å². The zero-order valence-corrected chi connectivity index (χ0v) is 8.06. The van der Waals surface area contributed by atoms with E-state index in [1.54, 1.807) is 0 Å². The van der Waals surface area contributed by atoms with E-state index in [1.165, 1.54) is 0 Å². The predicted molar refractivity (Wildman–Crippen MR) is 48.1 cm³/mol. The Morgan fingerprint density at radius 3 is 2.40 bits per heavy atom. The van der Waals surface area contributed by atoms with Gasteiger partial charge in [0.2, 0.25) is 0 Å². The van der Waals surface area contributed by atoms with Gasteiger partial charge in [0.1, 0.15) is 16.7 Å². The van der Waals surface area contributed by atoms with Crippen molar-refractivity contribution in [3.8, 4) is 5.75 Å². The van der Waals surface area contributed by atoms with Gasteiger partial charge >= 0.3 is 6.36 Å². The molecule has 1 aromatic carbocycles. The quantitative estimate of drug-likeness (QED) is 0.761. The fraction of sp³-hybridized carbons (Fsp3) is 0.143. The average molecular weight is 240 g/mol. The molecule has 0 bridgehead atoms. The third-order valence-electron chi connectivity index (χ3n) is 1.44. The number of hydrogen-bond acceptors (Lipinski definition) is 3. The van der Waals surface area contributed by atoms with E-state index < -0.39 is 23.1 Å². The van der Waals surface area contributed by atoms with E-state index in [9.17, 15) is 17.4 Å². The van der Waals surface area contributed by atoms with E-state index in [2.05, 4.69) is 4.74 Å². The van der Waals surface area contributed by atoms with E-state index in [-0.39, 0.29) is 10.6 Å². The maximum Gasteiger partial charge on any atom is 0.573 e. The van der Waals surface area contributed by atoms with Crippen molar-refractivity contribution in [3.05, 3.63) is 18.2 Å². The number of anilines is 1. The lowest BCUT2D eigenvalue weighted by molar-refractivity contribution is -0.274. The molecule has 1 aromatic rings. The van der Waals surface area contributed by atoms with Crippen LogP contribution in [0.15, 0.2) is 23.1 Å². The smallest absolute Gasteiger partial charge is 0.406 e. The minimum absolute atomic E-state index is 0.0466. The number of hydrogen-bond donors (Lipinski definition) is 2. The first kappa shape index (κ1) is 11.8. The number of ether oxygens (including phenoxy) is 1. The van der Waals surface area contributed by atoms with Crippen LogP contribution in [-0.4, -0.2) is 10.6 Å². The van der Waals surface area contributed by atoms with Crippen LogP contribution in [-0.2, 0) is 11.0 Å². The van der Waals surface area contributed by atoms with Crippen molar-refractivity contribution < 1.29 is 22.1 Å². The van der Waals surface area contributed by atoms with Gasteiger partial charge in [0.25, 0.3) is 0 Å². The molecule has 84 valence electrons. The number of nitrogens with two attached hydrogens (primary N) is 2. The number of rotatable bonds is 2. The van der Waals surface area contributed by atoms with Gasteiger partial charge in [-0.1, -0.05) is 0 Å². The monoisotopic (exact) mass is 240 g/mol. The molecule has 15 heavy (non-hydrogen) atoms. The minimum atomic E-state index is -4.80. The van der Waals surface area contributed by atoms with Crippen LogP contribution in [0.1, 0.15) is 0 Å². The molecule has 0 aliphatic carbocycles. The van der Waals surface area contributed by atoms with Gasteiger partial charge < -0.3 is 10.5 Å². The second-order valence-corrected chi connectivity index (χ2v) is 3.58. The van der Waals surface area contributed by atoms with Gasteiger partial charge in [-0.3, -0.25) is 0 Å². The van der Waals surface area contributed by atoms with E-state index >= 15 is 0 Å². The molecule has 8 heteroatoms. The molecular weight excluding hydrogens is 233 g/mol. The second-order valence-electron chi connectivity index (χ2n) is 2.54. The standard InChI is InChI=1S/C7H7F3N2O2S/c8-7(9,10)14-4-1-2-5(11)6(3-4)15(12)13/h1-3H,11-12H2. The first-order chi connectivity index (χ1) is 6.79. The van der Waals surface area contributed by atoms with Gasteiger partial charge in [-0.25, -0.2) is 9.35 Å². The molecule has 1 atom stereocenters. The largest absolute Gasteiger partial charge is 0.573 e. The summed E-state index contributed by atoms with van der Waals surface area (Å²) in [4.78, 5) is -0.100. The molecule has 4 nitrogen and oxygen atoms in total. The summed E-state index contributed by atoms with van der Waals surface area (Å²) >= 11 is 0. The Hall–Kier alpha value is -1.28. The molecule has 0 spiro atoms. The third-order valence-corrected chi connectivity index (χ3v) is 2.22. The molecular formula is C7H7F3N2O2S. The lowest BCUT2D eigenvalue weighted by atomic mass is 10.3. The number of alkyl halides is 3. The summed E-state index contributed by atoms with van der Waals surface area (Å²) in [7, 11) is -1.95. The van der Waals surface area contributed by atoms with Gasteiger partial charge in [0.15, 0.2) is 0 Å². The fourth-order valence-electron chi connectivity index (χ4n) is 0.886. The highest BCUT2D eigenvalue weighted by Gasteiger charge is 2.31. The zero-order chi connectivity index (χ0) is 11.6. The molecule has 0 amide bonds. The maximum atomic E-state index is 11.8. The molecule has 0 radical (unpaired) electrons. The maximum absolute atomic E-state index is 11.8. The van der Waals surface area contributed by atoms with Gasteiger partial charge in [-0.2, -0.15) is 0 Å². The molecule has 0 saturated carbocycles. The van der Waals surface area contributed by atoms with E-state index in [1.807, 2.05) is 0 Å². The Bertz CT molecular complexity index is 394. The lowest BCUT2D eigenvalue weighted by Crippen LogP contribution is -2.17. The molecule has 0 aromatic heterocycles. The van der Waals surface area contributed by atoms with Crippen molar-refractivity contribution in [2.45, 2.75) is 11.3 Å². The van der Waals surface area contributed by atoms with Crippen LogP contribution < -0.4 is 15.6 Å². The highest BCUT2D eigenvalue weighted by Crippen LogP contribution is 2.26. The highest BCUT2D eigenvalue weighted by molar-refractivity contribution is 7.82. The molecule has 4 N–H and O–H groups in total. The summed E-state index contributed by atoms with van der Waals surface area (Å²) in [6.45, 7) is 0. The minimum Gasteiger partial charge on any atom is -0.406 e. The van der Waals surface area contributed by atoms with E-state index in [4.69, 9.17) is 10.9 Å². The summed E-state index contributed by atoms with van der Waals surface area (Å²) in [5.41, 5.74) is 5.39. The third kappa shape index (κ3) is 3.40. The van der Waals surface area contributed by atoms with Gasteiger partial charge in [-0.05, 0) is 12.1 Å². The van der Waals surface area contributed by atoms with Gasteiger partial charge in [-0.15, -0.1) is 13.2 Å². The van der Waals surface area contributed by atoms with Crippen molar-refractivity contribution >= 4 is 16.7 Å². The Morgan fingerprint density at radius 1 is 1.33 bits per heavy atom. The Balaban J connectivity index is 3.03. The molecule has 0 fully saturated rings. The predicted octanol–water partition coefficient (Wildman–Crippen LogP) is 1.15. The average Bonchev–Trinajstić information content (AvgIpc) is 2.05. The van der Waals surface area contributed by atoms with E-state index in [0.717, 1.165) is 18.2 Å². The summed E-state index contributed by atoms with van der Waals surface area (Å²) in [5.74, 6) is -0.509. The summed E-state index contributed by atoms with van der Waals surface area (Å²) in [6, 6.07) is 3.04. The molecule has 0 aliphatic heterocycles. The van der Waals surface area contributed by atoms with Crippen LogP contribution in [0, 0.1) is 0 Å².